The van der Waals surface area contributed by atoms with Crippen molar-refractivity contribution in [3.8, 4) is 0 Å². The summed E-state index contributed by atoms with van der Waals surface area (Å²) in [6.45, 7) is 3.64. The molecule has 2 rings (SSSR count). The molecule has 1 aliphatic carbocycles. The minimum atomic E-state index is -3.70. The van der Waals surface area contributed by atoms with Gasteiger partial charge >= 0.3 is 0 Å². The van der Waals surface area contributed by atoms with E-state index in [4.69, 9.17) is 11.6 Å². The topological polar surface area (TPSA) is 66.4 Å². The summed E-state index contributed by atoms with van der Waals surface area (Å²) in [5.41, 5.74) is -0.116. The van der Waals surface area contributed by atoms with Crippen molar-refractivity contribution in [3.63, 3.8) is 0 Å². The van der Waals surface area contributed by atoms with E-state index in [0.29, 0.717) is 29.3 Å². The summed E-state index contributed by atoms with van der Waals surface area (Å²) < 4.78 is 28.1. The van der Waals surface area contributed by atoms with Crippen molar-refractivity contribution in [2.75, 3.05) is 6.61 Å². The van der Waals surface area contributed by atoms with Gasteiger partial charge in [-0.05, 0) is 43.4 Å². The van der Waals surface area contributed by atoms with E-state index in [-0.39, 0.29) is 11.5 Å². The van der Waals surface area contributed by atoms with Crippen LogP contribution in [0.4, 0.5) is 0 Å². The molecule has 1 aromatic rings. The summed E-state index contributed by atoms with van der Waals surface area (Å²) in [5, 5.41) is 10.1. The van der Waals surface area contributed by atoms with Gasteiger partial charge < -0.3 is 5.11 Å². The van der Waals surface area contributed by atoms with Gasteiger partial charge in [-0.1, -0.05) is 37.4 Å². The Hall–Kier alpha value is -0.620. The molecule has 21 heavy (non-hydrogen) atoms. The van der Waals surface area contributed by atoms with Crippen molar-refractivity contribution in [1.82, 2.24) is 4.72 Å². The van der Waals surface area contributed by atoms with E-state index >= 15 is 0 Å². The van der Waals surface area contributed by atoms with Gasteiger partial charge in [0.25, 0.3) is 0 Å². The van der Waals surface area contributed by atoms with Gasteiger partial charge in [-0.3, -0.25) is 0 Å². The number of aliphatic hydroxyl groups is 1. The lowest BCUT2D eigenvalue weighted by Crippen LogP contribution is -2.53. The molecule has 0 spiro atoms. The van der Waals surface area contributed by atoms with Crippen molar-refractivity contribution < 1.29 is 13.5 Å². The zero-order valence-corrected chi connectivity index (χ0v) is 14.0. The standard InChI is InChI=1S/C15H22ClNO3S/c1-11-4-3-7-15(9-11,10-18)17-21(19,20)14-8-13(16)6-5-12(14)2/h5-6,8,11,17-18H,3-4,7,9-10H2,1-2H3. The van der Waals surface area contributed by atoms with Gasteiger partial charge in [0, 0.05) is 5.02 Å². The van der Waals surface area contributed by atoms with Gasteiger partial charge in [0.05, 0.1) is 17.0 Å². The van der Waals surface area contributed by atoms with Gasteiger partial charge in [0.15, 0.2) is 0 Å². The van der Waals surface area contributed by atoms with Crippen LogP contribution in [-0.2, 0) is 10.0 Å². The van der Waals surface area contributed by atoms with E-state index in [2.05, 4.69) is 11.6 Å². The van der Waals surface area contributed by atoms with Crippen LogP contribution in [0.25, 0.3) is 0 Å². The Kier molecular flexibility index (Phi) is 4.98. The molecule has 6 heteroatoms. The molecular weight excluding hydrogens is 310 g/mol. The minimum absolute atomic E-state index is 0.182. The second kappa shape index (κ2) is 6.24. The normalized spacial score (nSPS) is 26.8. The molecule has 0 heterocycles. The Balaban J connectivity index is 2.33. The van der Waals surface area contributed by atoms with Gasteiger partial charge in [0.2, 0.25) is 10.0 Å². The summed E-state index contributed by atoms with van der Waals surface area (Å²) in [4.78, 5) is 0.182. The fourth-order valence-corrected chi connectivity index (χ4v) is 5.07. The smallest absolute Gasteiger partial charge is 0.241 e. The SMILES string of the molecule is Cc1ccc(Cl)cc1S(=O)(=O)NC1(CO)CCCC(C)C1. The van der Waals surface area contributed by atoms with Crippen LogP contribution >= 0.6 is 11.6 Å². The van der Waals surface area contributed by atoms with E-state index in [1.807, 2.05) is 0 Å². The number of nitrogens with one attached hydrogen (secondary N) is 1. The van der Waals surface area contributed by atoms with Crippen molar-refractivity contribution in [3.05, 3.63) is 28.8 Å². The molecule has 0 amide bonds. The van der Waals surface area contributed by atoms with E-state index in [9.17, 15) is 13.5 Å². The average molecular weight is 332 g/mol. The third-order valence-corrected chi connectivity index (χ3v) is 6.14. The third-order valence-electron chi connectivity index (χ3n) is 4.18. The maximum absolute atomic E-state index is 12.7. The van der Waals surface area contributed by atoms with Crippen LogP contribution in [0.5, 0.6) is 0 Å². The lowest BCUT2D eigenvalue weighted by molar-refractivity contribution is 0.119. The zero-order valence-electron chi connectivity index (χ0n) is 12.4. The third kappa shape index (κ3) is 3.77. The molecule has 1 fully saturated rings. The first-order valence-corrected chi connectivity index (χ1v) is 9.05. The summed E-state index contributed by atoms with van der Waals surface area (Å²) >= 11 is 5.92. The quantitative estimate of drug-likeness (QED) is 0.891. The van der Waals surface area contributed by atoms with Crippen LogP contribution in [0.2, 0.25) is 5.02 Å². The lowest BCUT2D eigenvalue weighted by Gasteiger charge is -2.39. The highest BCUT2D eigenvalue weighted by Gasteiger charge is 2.38. The number of aliphatic hydroxyl groups excluding tert-OH is 1. The predicted octanol–water partition coefficient (Wildman–Crippen LogP) is 2.87. The number of benzene rings is 1. The van der Waals surface area contributed by atoms with E-state index in [1.54, 1.807) is 19.1 Å². The van der Waals surface area contributed by atoms with Crippen LogP contribution in [0.1, 0.15) is 38.2 Å². The Bertz CT molecular complexity index is 617. The predicted molar refractivity (Wildman–Crippen MR) is 84.0 cm³/mol. The van der Waals surface area contributed by atoms with Crippen LogP contribution in [0, 0.1) is 12.8 Å². The molecule has 0 radical (unpaired) electrons. The summed E-state index contributed by atoms with van der Waals surface area (Å²) in [5.74, 6) is 0.397. The van der Waals surface area contributed by atoms with E-state index < -0.39 is 15.6 Å². The second-order valence-electron chi connectivity index (χ2n) is 6.16. The van der Waals surface area contributed by atoms with Crippen molar-refractivity contribution in [2.45, 2.75) is 50.0 Å². The Labute approximate surface area is 131 Å². The van der Waals surface area contributed by atoms with Gasteiger partial charge in [0.1, 0.15) is 0 Å². The average Bonchev–Trinajstić information content (AvgIpc) is 2.41. The first kappa shape index (κ1) is 16.7. The van der Waals surface area contributed by atoms with Crippen LogP contribution in [-0.4, -0.2) is 25.7 Å². The first-order chi connectivity index (χ1) is 9.78. The maximum atomic E-state index is 12.7. The maximum Gasteiger partial charge on any atom is 0.241 e. The minimum Gasteiger partial charge on any atom is -0.394 e. The van der Waals surface area contributed by atoms with Gasteiger partial charge in [-0.2, -0.15) is 0 Å². The second-order valence-corrected chi connectivity index (χ2v) is 8.24. The molecule has 0 aromatic heterocycles. The number of hydrogen-bond donors (Lipinski definition) is 2. The molecule has 0 bridgehead atoms. The molecular formula is C15H22ClNO3S. The van der Waals surface area contributed by atoms with E-state index in [1.165, 1.54) is 6.07 Å². The molecule has 0 aliphatic heterocycles. The van der Waals surface area contributed by atoms with Crippen molar-refractivity contribution in [1.29, 1.82) is 0 Å². The molecule has 2 unspecified atom stereocenters. The Morgan fingerprint density at radius 2 is 2.19 bits per heavy atom. The monoisotopic (exact) mass is 331 g/mol. The lowest BCUT2D eigenvalue weighted by atomic mass is 9.78. The molecule has 1 saturated carbocycles. The molecule has 2 N–H and O–H groups in total. The van der Waals surface area contributed by atoms with Crippen LogP contribution < -0.4 is 4.72 Å². The zero-order chi connectivity index (χ0) is 15.7. The number of rotatable bonds is 4. The fraction of sp³-hybridized carbons (Fsp3) is 0.600. The Morgan fingerprint density at radius 3 is 2.81 bits per heavy atom. The number of aryl methyl sites for hydroxylation is 1. The first-order valence-electron chi connectivity index (χ1n) is 7.19. The summed E-state index contributed by atoms with van der Waals surface area (Å²) in [6, 6.07) is 4.81. The van der Waals surface area contributed by atoms with Crippen LogP contribution in [0.3, 0.4) is 0 Å². The highest BCUT2D eigenvalue weighted by Crippen LogP contribution is 2.33. The summed E-state index contributed by atoms with van der Waals surface area (Å²) in [6.07, 6.45) is 3.30. The summed E-state index contributed by atoms with van der Waals surface area (Å²) in [7, 11) is -3.70. The molecule has 0 saturated heterocycles. The van der Waals surface area contributed by atoms with Crippen LogP contribution in [0.15, 0.2) is 23.1 Å². The van der Waals surface area contributed by atoms with Crippen molar-refractivity contribution in [2.24, 2.45) is 5.92 Å². The van der Waals surface area contributed by atoms with E-state index in [0.717, 1.165) is 12.8 Å². The Morgan fingerprint density at radius 1 is 1.48 bits per heavy atom. The highest BCUT2D eigenvalue weighted by atomic mass is 35.5. The van der Waals surface area contributed by atoms with Gasteiger partial charge in [-0.25, -0.2) is 13.1 Å². The fourth-order valence-electron chi connectivity index (χ4n) is 3.13. The molecule has 1 aliphatic rings. The number of halogens is 1. The largest absolute Gasteiger partial charge is 0.394 e. The number of hydrogen-bond acceptors (Lipinski definition) is 3. The molecule has 118 valence electrons. The van der Waals surface area contributed by atoms with Gasteiger partial charge in [-0.15, -0.1) is 0 Å². The molecule has 4 nitrogen and oxygen atoms in total. The highest BCUT2D eigenvalue weighted by molar-refractivity contribution is 7.89. The number of sulfonamides is 1. The molecule has 1 aromatic carbocycles. The molecule has 2 atom stereocenters. The van der Waals surface area contributed by atoms with Crippen molar-refractivity contribution >= 4 is 21.6 Å².